The first-order valence-corrected chi connectivity index (χ1v) is 7.82. The van der Waals surface area contributed by atoms with Crippen molar-refractivity contribution in [2.75, 3.05) is 7.11 Å². The molecule has 1 amide bonds. The van der Waals surface area contributed by atoms with Gasteiger partial charge in [-0.15, -0.1) is 11.3 Å². The van der Waals surface area contributed by atoms with E-state index in [0.717, 1.165) is 15.8 Å². The van der Waals surface area contributed by atoms with Crippen LogP contribution in [0.25, 0.3) is 10.1 Å². The zero-order valence-corrected chi connectivity index (χ0v) is 13.8. The zero-order chi connectivity index (χ0) is 15.6. The Morgan fingerprint density at radius 3 is 2.52 bits per heavy atom. The van der Waals surface area contributed by atoms with Gasteiger partial charge >= 0.3 is 0 Å². The predicted octanol–water partition coefficient (Wildman–Crippen LogP) is 3.84. The van der Waals surface area contributed by atoms with Crippen molar-refractivity contribution in [3.8, 4) is 11.5 Å². The first kappa shape index (κ1) is 15.6. The number of carbonyl (C=O) groups excluding carboxylic acids is 1. The molecule has 0 aliphatic rings. The second-order valence-corrected chi connectivity index (χ2v) is 6.47. The van der Waals surface area contributed by atoms with Gasteiger partial charge in [0.25, 0.3) is 5.91 Å². The van der Waals surface area contributed by atoms with Crippen molar-refractivity contribution >= 4 is 27.3 Å². The molecule has 1 heterocycles. The van der Waals surface area contributed by atoms with Crippen LogP contribution in [0.4, 0.5) is 0 Å². The molecule has 0 radical (unpaired) electrons. The maximum atomic E-state index is 12.4. The summed E-state index contributed by atoms with van der Waals surface area (Å²) in [6, 6.07) is 5.85. The van der Waals surface area contributed by atoms with E-state index in [4.69, 9.17) is 9.47 Å². The normalized spacial score (nSPS) is 11.2. The van der Waals surface area contributed by atoms with Crippen molar-refractivity contribution in [2.24, 2.45) is 0 Å². The van der Waals surface area contributed by atoms with Crippen LogP contribution in [-0.2, 0) is 0 Å². The van der Waals surface area contributed by atoms with Gasteiger partial charge in [0.1, 0.15) is 10.6 Å². The third-order valence-corrected chi connectivity index (χ3v) is 3.98. The lowest BCUT2D eigenvalue weighted by atomic mass is 10.2. The highest BCUT2D eigenvalue weighted by Gasteiger charge is 2.21. The van der Waals surface area contributed by atoms with E-state index in [0.29, 0.717) is 10.6 Å². The number of hydrogen-bond acceptors (Lipinski definition) is 4. The number of rotatable bonds is 5. The summed E-state index contributed by atoms with van der Waals surface area (Å²) in [6.45, 7) is 7.79. The first-order valence-electron chi connectivity index (χ1n) is 7.00. The second kappa shape index (κ2) is 6.35. The van der Waals surface area contributed by atoms with Gasteiger partial charge in [0, 0.05) is 16.1 Å². The van der Waals surface area contributed by atoms with Crippen molar-refractivity contribution in [3.63, 3.8) is 0 Å². The van der Waals surface area contributed by atoms with Gasteiger partial charge in [-0.3, -0.25) is 4.79 Å². The molecule has 114 valence electrons. The molecule has 2 aromatic rings. The summed E-state index contributed by atoms with van der Waals surface area (Å²) in [7, 11) is 1.63. The number of ether oxygens (including phenoxy) is 2. The fraction of sp³-hybridized carbons (Fsp3) is 0.438. The molecule has 0 atom stereocenters. The molecule has 21 heavy (non-hydrogen) atoms. The molecule has 1 aromatic carbocycles. The Balaban J connectivity index is 2.55. The summed E-state index contributed by atoms with van der Waals surface area (Å²) in [5, 5.41) is 3.84. The molecular formula is C16H21NO3S. The number of fused-ring (bicyclic) bond motifs is 1. The minimum Gasteiger partial charge on any atom is -0.497 e. The number of amides is 1. The molecule has 0 saturated carbocycles. The number of methoxy groups -OCH3 is 1. The molecule has 1 N–H and O–H groups in total. The average molecular weight is 307 g/mol. The summed E-state index contributed by atoms with van der Waals surface area (Å²) in [6.07, 6.45) is -0.000369. The van der Waals surface area contributed by atoms with Crippen molar-refractivity contribution in [1.29, 1.82) is 0 Å². The molecule has 0 fully saturated rings. The Morgan fingerprint density at radius 2 is 1.95 bits per heavy atom. The minimum absolute atomic E-state index is 0.000369. The smallest absolute Gasteiger partial charge is 0.265 e. The van der Waals surface area contributed by atoms with E-state index in [1.807, 2.05) is 45.9 Å². The Kier molecular flexibility index (Phi) is 4.73. The van der Waals surface area contributed by atoms with Crippen molar-refractivity contribution in [1.82, 2.24) is 5.32 Å². The van der Waals surface area contributed by atoms with E-state index >= 15 is 0 Å². The Labute approximate surface area is 129 Å². The zero-order valence-electron chi connectivity index (χ0n) is 13.0. The molecule has 1 aromatic heterocycles. The number of thiophene rings is 1. The number of hydrogen-bond donors (Lipinski definition) is 1. The summed E-state index contributed by atoms with van der Waals surface area (Å²) in [4.78, 5) is 13.0. The quantitative estimate of drug-likeness (QED) is 0.913. The van der Waals surface area contributed by atoms with Gasteiger partial charge in [0.2, 0.25) is 0 Å². The highest BCUT2D eigenvalue weighted by atomic mass is 32.1. The molecule has 0 saturated heterocycles. The largest absolute Gasteiger partial charge is 0.497 e. The van der Waals surface area contributed by atoms with Crippen LogP contribution in [0.5, 0.6) is 11.5 Å². The summed E-state index contributed by atoms with van der Waals surface area (Å²) in [5.74, 6) is 1.30. The molecule has 2 rings (SSSR count). The predicted molar refractivity (Wildman–Crippen MR) is 86.7 cm³/mol. The van der Waals surface area contributed by atoms with Gasteiger partial charge in [0.15, 0.2) is 5.75 Å². The molecule has 0 aliphatic heterocycles. The van der Waals surface area contributed by atoms with E-state index in [9.17, 15) is 4.79 Å². The van der Waals surface area contributed by atoms with E-state index in [-0.39, 0.29) is 18.1 Å². The molecule has 0 bridgehead atoms. The number of carbonyl (C=O) groups is 1. The lowest BCUT2D eigenvalue weighted by Gasteiger charge is -2.12. The molecule has 0 spiro atoms. The van der Waals surface area contributed by atoms with E-state index in [1.165, 1.54) is 11.3 Å². The molecule has 0 aliphatic carbocycles. The van der Waals surface area contributed by atoms with Crippen LogP contribution in [0.2, 0.25) is 0 Å². The molecular weight excluding hydrogens is 286 g/mol. The van der Waals surface area contributed by atoms with Crippen molar-refractivity contribution in [3.05, 3.63) is 23.1 Å². The topological polar surface area (TPSA) is 47.6 Å². The van der Waals surface area contributed by atoms with Crippen LogP contribution in [0.3, 0.4) is 0 Å². The van der Waals surface area contributed by atoms with Gasteiger partial charge in [-0.1, -0.05) is 0 Å². The SMILES string of the molecule is COc1ccc2sc(C(=O)NC(C)C)c(OC(C)C)c2c1. The Hall–Kier alpha value is -1.75. The van der Waals surface area contributed by atoms with E-state index in [1.54, 1.807) is 7.11 Å². The molecule has 0 unspecified atom stereocenters. The fourth-order valence-corrected chi connectivity index (χ4v) is 3.03. The average Bonchev–Trinajstić information content (AvgIpc) is 2.75. The van der Waals surface area contributed by atoms with Crippen molar-refractivity contribution < 1.29 is 14.3 Å². The molecule has 4 nitrogen and oxygen atoms in total. The monoisotopic (exact) mass is 307 g/mol. The third-order valence-electron chi connectivity index (χ3n) is 2.83. The van der Waals surface area contributed by atoms with E-state index in [2.05, 4.69) is 5.32 Å². The van der Waals surface area contributed by atoms with Crippen LogP contribution < -0.4 is 14.8 Å². The van der Waals surface area contributed by atoms with Gasteiger partial charge in [-0.2, -0.15) is 0 Å². The number of benzene rings is 1. The number of nitrogens with one attached hydrogen (secondary N) is 1. The lowest BCUT2D eigenvalue weighted by Crippen LogP contribution is -2.29. The van der Waals surface area contributed by atoms with Gasteiger partial charge in [0.05, 0.1) is 13.2 Å². The van der Waals surface area contributed by atoms with Crippen LogP contribution in [0.15, 0.2) is 18.2 Å². The Bertz CT molecular complexity index is 646. The maximum absolute atomic E-state index is 12.4. The standard InChI is InChI=1S/C16H21NO3S/c1-9(2)17-16(18)15-14(20-10(3)4)12-8-11(19-5)6-7-13(12)21-15/h6-10H,1-5H3,(H,17,18). The minimum atomic E-state index is -0.0965. The van der Waals surface area contributed by atoms with Gasteiger partial charge in [-0.05, 0) is 45.9 Å². The highest BCUT2D eigenvalue weighted by Crippen LogP contribution is 2.40. The van der Waals surface area contributed by atoms with Crippen molar-refractivity contribution in [2.45, 2.75) is 39.8 Å². The first-order chi connectivity index (χ1) is 9.92. The second-order valence-electron chi connectivity index (χ2n) is 5.42. The lowest BCUT2D eigenvalue weighted by molar-refractivity contribution is 0.0942. The van der Waals surface area contributed by atoms with Crippen LogP contribution in [0, 0.1) is 0 Å². The van der Waals surface area contributed by atoms with Gasteiger partial charge in [-0.25, -0.2) is 0 Å². The fourth-order valence-electron chi connectivity index (χ4n) is 2.01. The molecule has 5 heteroatoms. The van der Waals surface area contributed by atoms with E-state index < -0.39 is 0 Å². The maximum Gasteiger partial charge on any atom is 0.265 e. The summed E-state index contributed by atoms with van der Waals surface area (Å²) >= 11 is 1.44. The Morgan fingerprint density at radius 1 is 1.24 bits per heavy atom. The van der Waals surface area contributed by atoms with Gasteiger partial charge < -0.3 is 14.8 Å². The third kappa shape index (κ3) is 3.47. The summed E-state index contributed by atoms with van der Waals surface area (Å²) in [5.41, 5.74) is 0. The summed E-state index contributed by atoms with van der Waals surface area (Å²) < 4.78 is 12.2. The van der Waals surface area contributed by atoms with Crippen LogP contribution >= 0.6 is 11.3 Å². The highest BCUT2D eigenvalue weighted by molar-refractivity contribution is 7.21. The van der Waals surface area contributed by atoms with Crippen LogP contribution in [-0.4, -0.2) is 25.2 Å². The van der Waals surface area contributed by atoms with Crippen LogP contribution in [0.1, 0.15) is 37.4 Å².